The number of ether oxygens (including phenoxy) is 1. The number of methoxy groups -OCH3 is 1. The molecule has 1 fully saturated rings. The Balaban J connectivity index is 2.40. The zero-order valence-corrected chi connectivity index (χ0v) is 12.9. The van der Waals surface area contributed by atoms with Crippen LogP contribution in [0.1, 0.15) is 18.9 Å². The summed E-state index contributed by atoms with van der Waals surface area (Å²) < 4.78 is 5.14. The van der Waals surface area contributed by atoms with Crippen molar-refractivity contribution in [3.05, 3.63) is 38.8 Å². The molecule has 116 valence electrons. The van der Waals surface area contributed by atoms with E-state index in [1.54, 1.807) is 0 Å². The normalized spacial score (nSPS) is 16.5. The minimum atomic E-state index is -0.528. The van der Waals surface area contributed by atoms with Gasteiger partial charge in [0.2, 0.25) is 0 Å². The van der Waals surface area contributed by atoms with Gasteiger partial charge in [-0.1, -0.05) is 6.92 Å². The largest absolute Gasteiger partial charge is 0.496 e. The van der Waals surface area contributed by atoms with Gasteiger partial charge in [0.1, 0.15) is 5.75 Å². The van der Waals surface area contributed by atoms with E-state index in [9.17, 15) is 19.7 Å². The monoisotopic (exact) mass is 322 g/mol. The molecule has 1 heterocycles. The number of nitrogens with zero attached hydrogens (tertiary/aromatic N) is 2. The average Bonchev–Trinajstić information content (AvgIpc) is 2.75. The van der Waals surface area contributed by atoms with Crippen molar-refractivity contribution in [3.8, 4) is 5.75 Å². The quantitative estimate of drug-likeness (QED) is 0.470. The van der Waals surface area contributed by atoms with Crippen LogP contribution in [0.2, 0.25) is 0 Å². The fourth-order valence-corrected chi connectivity index (χ4v) is 2.86. The molecule has 2 amide bonds. The Morgan fingerprint density at radius 3 is 2.73 bits per heavy atom. The number of carbonyl (C=O) groups is 2. The number of benzene rings is 1. The maximum absolute atomic E-state index is 12.2. The highest BCUT2D eigenvalue weighted by Gasteiger charge is 2.34. The lowest BCUT2D eigenvalue weighted by Crippen LogP contribution is -2.28. The van der Waals surface area contributed by atoms with E-state index < -0.39 is 4.92 Å². The highest BCUT2D eigenvalue weighted by molar-refractivity contribution is 8.18. The molecule has 8 heteroatoms. The molecule has 22 heavy (non-hydrogen) atoms. The van der Waals surface area contributed by atoms with Gasteiger partial charge in [-0.25, -0.2) is 0 Å². The number of rotatable bonds is 5. The van der Waals surface area contributed by atoms with E-state index in [4.69, 9.17) is 4.74 Å². The maximum atomic E-state index is 12.2. The summed E-state index contributed by atoms with van der Waals surface area (Å²) in [4.78, 5) is 35.7. The Labute approximate surface area is 131 Å². The van der Waals surface area contributed by atoms with Crippen LogP contribution >= 0.6 is 11.8 Å². The van der Waals surface area contributed by atoms with E-state index in [1.807, 2.05) is 6.92 Å². The fourth-order valence-electron chi connectivity index (χ4n) is 2.01. The standard InChI is InChI=1S/C14H14N2O5S/c1-3-6-15-13(17)12(22-14(15)18)8-9-7-10(16(19)20)4-5-11(9)21-2/h4-5,7-8H,3,6H2,1-2H3/b12-8+. The molecule has 1 aliphatic heterocycles. The number of hydrogen-bond acceptors (Lipinski definition) is 6. The molecule has 0 bridgehead atoms. The van der Waals surface area contributed by atoms with Crippen molar-refractivity contribution in [2.24, 2.45) is 0 Å². The zero-order chi connectivity index (χ0) is 16.3. The SMILES string of the molecule is CCCN1C(=O)S/C(=C/c2cc([N+](=O)[O-])ccc2OC)C1=O. The van der Waals surface area contributed by atoms with Crippen molar-refractivity contribution < 1.29 is 19.2 Å². The topological polar surface area (TPSA) is 89.8 Å². The third-order valence-electron chi connectivity index (χ3n) is 3.03. The van der Waals surface area contributed by atoms with Crippen LogP contribution in [0.15, 0.2) is 23.1 Å². The van der Waals surface area contributed by atoms with Gasteiger partial charge in [-0.15, -0.1) is 0 Å². The molecule has 0 unspecified atom stereocenters. The van der Waals surface area contributed by atoms with Crippen LogP contribution in [0.3, 0.4) is 0 Å². The van der Waals surface area contributed by atoms with E-state index in [0.29, 0.717) is 24.3 Å². The van der Waals surface area contributed by atoms with Gasteiger partial charge in [0.15, 0.2) is 0 Å². The molecular formula is C14H14N2O5S. The Hall–Kier alpha value is -2.35. The summed E-state index contributed by atoms with van der Waals surface area (Å²) in [5.41, 5.74) is 0.276. The van der Waals surface area contributed by atoms with Crippen molar-refractivity contribution >= 4 is 34.7 Å². The molecule has 0 N–H and O–H groups in total. The lowest BCUT2D eigenvalue weighted by Gasteiger charge is -2.09. The summed E-state index contributed by atoms with van der Waals surface area (Å²) in [6.07, 6.45) is 2.12. The number of thioether (sulfide) groups is 1. The molecule has 0 aliphatic carbocycles. The molecule has 0 atom stereocenters. The summed E-state index contributed by atoms with van der Waals surface area (Å²) in [5.74, 6) is 0.0123. The fraction of sp³-hybridized carbons (Fsp3) is 0.286. The van der Waals surface area contributed by atoms with Crippen molar-refractivity contribution in [2.75, 3.05) is 13.7 Å². The van der Waals surface area contributed by atoms with Crippen molar-refractivity contribution in [2.45, 2.75) is 13.3 Å². The highest BCUT2D eigenvalue weighted by atomic mass is 32.2. The molecule has 0 spiro atoms. The Kier molecular flexibility index (Phi) is 4.81. The molecule has 1 aliphatic rings. The van der Waals surface area contributed by atoms with E-state index >= 15 is 0 Å². The van der Waals surface area contributed by atoms with Crippen LogP contribution < -0.4 is 4.74 Å². The number of nitro groups is 1. The number of hydrogen-bond donors (Lipinski definition) is 0. The summed E-state index contributed by atoms with van der Waals surface area (Å²) in [7, 11) is 1.43. The summed E-state index contributed by atoms with van der Waals surface area (Å²) in [6.45, 7) is 2.23. The van der Waals surface area contributed by atoms with Crippen LogP contribution in [-0.4, -0.2) is 34.6 Å². The van der Waals surface area contributed by atoms with Gasteiger partial charge in [0, 0.05) is 24.2 Å². The lowest BCUT2D eigenvalue weighted by atomic mass is 10.1. The second-order valence-electron chi connectivity index (χ2n) is 4.52. The van der Waals surface area contributed by atoms with Crippen LogP contribution in [0.4, 0.5) is 10.5 Å². The second kappa shape index (κ2) is 6.61. The van der Waals surface area contributed by atoms with Crippen LogP contribution in [0.5, 0.6) is 5.75 Å². The third-order valence-corrected chi connectivity index (χ3v) is 3.94. The molecule has 0 radical (unpaired) electrons. The van der Waals surface area contributed by atoms with Gasteiger partial charge in [-0.2, -0.15) is 0 Å². The molecule has 0 aromatic heterocycles. The molecular weight excluding hydrogens is 308 g/mol. The van der Waals surface area contributed by atoms with E-state index in [0.717, 1.165) is 11.8 Å². The molecule has 1 aromatic rings. The minimum absolute atomic E-state index is 0.111. The number of non-ortho nitro benzene ring substituents is 1. The van der Waals surface area contributed by atoms with Gasteiger partial charge in [-0.05, 0) is 30.3 Å². The highest BCUT2D eigenvalue weighted by Crippen LogP contribution is 2.35. The number of carbonyl (C=O) groups excluding carboxylic acids is 2. The minimum Gasteiger partial charge on any atom is -0.496 e. The van der Waals surface area contributed by atoms with Gasteiger partial charge in [0.05, 0.1) is 16.9 Å². The average molecular weight is 322 g/mol. The van der Waals surface area contributed by atoms with Crippen molar-refractivity contribution in [1.82, 2.24) is 4.90 Å². The summed E-state index contributed by atoms with van der Waals surface area (Å²) in [6, 6.07) is 4.09. The Morgan fingerprint density at radius 1 is 1.41 bits per heavy atom. The molecule has 2 rings (SSSR count). The number of nitro benzene ring substituents is 1. The lowest BCUT2D eigenvalue weighted by molar-refractivity contribution is -0.384. The molecule has 1 aromatic carbocycles. The van der Waals surface area contributed by atoms with Gasteiger partial charge in [0.25, 0.3) is 16.8 Å². The first-order valence-electron chi connectivity index (χ1n) is 6.55. The predicted molar refractivity (Wildman–Crippen MR) is 82.6 cm³/mol. The van der Waals surface area contributed by atoms with Crippen molar-refractivity contribution in [3.63, 3.8) is 0 Å². The third kappa shape index (κ3) is 3.11. The van der Waals surface area contributed by atoms with Gasteiger partial charge >= 0.3 is 0 Å². The molecule has 1 saturated heterocycles. The zero-order valence-electron chi connectivity index (χ0n) is 12.1. The van der Waals surface area contributed by atoms with Crippen molar-refractivity contribution in [1.29, 1.82) is 0 Å². The number of amides is 2. The first kappa shape index (κ1) is 16.0. The van der Waals surface area contributed by atoms with E-state index in [-0.39, 0.29) is 21.7 Å². The van der Waals surface area contributed by atoms with Crippen LogP contribution in [0.25, 0.3) is 6.08 Å². The summed E-state index contributed by atoms with van der Waals surface area (Å²) >= 11 is 0.823. The van der Waals surface area contributed by atoms with E-state index in [2.05, 4.69) is 0 Å². The van der Waals surface area contributed by atoms with Crippen LogP contribution in [0, 0.1) is 10.1 Å². The predicted octanol–water partition coefficient (Wildman–Crippen LogP) is 3.05. The smallest absolute Gasteiger partial charge is 0.293 e. The maximum Gasteiger partial charge on any atom is 0.293 e. The van der Waals surface area contributed by atoms with Gasteiger partial charge < -0.3 is 4.74 Å². The van der Waals surface area contributed by atoms with Crippen LogP contribution in [-0.2, 0) is 4.79 Å². The second-order valence-corrected chi connectivity index (χ2v) is 5.51. The number of imide groups is 1. The molecule has 7 nitrogen and oxygen atoms in total. The first-order valence-corrected chi connectivity index (χ1v) is 7.37. The first-order chi connectivity index (χ1) is 10.5. The Morgan fingerprint density at radius 2 is 2.14 bits per heavy atom. The van der Waals surface area contributed by atoms with Gasteiger partial charge in [-0.3, -0.25) is 24.6 Å². The summed E-state index contributed by atoms with van der Waals surface area (Å²) in [5, 5.41) is 10.5. The van der Waals surface area contributed by atoms with E-state index in [1.165, 1.54) is 36.3 Å². The Bertz CT molecular complexity index is 671. The molecule has 0 saturated carbocycles.